The van der Waals surface area contributed by atoms with Gasteiger partial charge in [0.25, 0.3) is 0 Å². The lowest BCUT2D eigenvalue weighted by Crippen LogP contribution is -2.20. The number of esters is 1. The molecule has 1 rings (SSSR count). The maximum atomic E-state index is 11.5. The molecule has 0 amide bonds. The SMILES string of the molecule is CN(C)CCOC(=O)c1cccc(Cl)c1. The predicted octanol–water partition coefficient (Wildman–Crippen LogP) is 2.06. The number of rotatable bonds is 4. The number of carbonyl (C=O) groups excluding carboxylic acids is 1. The van der Waals surface area contributed by atoms with E-state index in [0.717, 1.165) is 0 Å². The Kier molecular flexibility index (Phi) is 4.59. The second-order valence-electron chi connectivity index (χ2n) is 3.45. The summed E-state index contributed by atoms with van der Waals surface area (Å²) in [6.45, 7) is 1.10. The second kappa shape index (κ2) is 5.73. The number of hydrogen-bond donors (Lipinski definition) is 0. The van der Waals surface area contributed by atoms with Crippen LogP contribution in [0.3, 0.4) is 0 Å². The van der Waals surface area contributed by atoms with Crippen molar-refractivity contribution in [1.82, 2.24) is 4.90 Å². The van der Waals surface area contributed by atoms with Gasteiger partial charge in [0.15, 0.2) is 0 Å². The third kappa shape index (κ3) is 4.32. The first-order chi connectivity index (χ1) is 7.09. The lowest BCUT2D eigenvalue weighted by molar-refractivity contribution is 0.0482. The lowest BCUT2D eigenvalue weighted by atomic mass is 10.2. The van der Waals surface area contributed by atoms with Crippen LogP contribution in [-0.4, -0.2) is 38.1 Å². The standard InChI is InChI=1S/C11H14ClNO2/c1-13(2)6-7-15-11(14)9-4-3-5-10(12)8-9/h3-5,8H,6-7H2,1-2H3. The molecule has 0 atom stereocenters. The van der Waals surface area contributed by atoms with Crippen molar-refractivity contribution in [3.8, 4) is 0 Å². The first-order valence-corrected chi connectivity index (χ1v) is 5.05. The average molecular weight is 228 g/mol. The van der Waals surface area contributed by atoms with Crippen molar-refractivity contribution < 1.29 is 9.53 Å². The fourth-order valence-corrected chi connectivity index (χ4v) is 1.21. The van der Waals surface area contributed by atoms with Crippen molar-refractivity contribution in [2.45, 2.75) is 0 Å². The quantitative estimate of drug-likeness (QED) is 0.738. The highest BCUT2D eigenvalue weighted by atomic mass is 35.5. The zero-order valence-corrected chi connectivity index (χ0v) is 9.62. The lowest BCUT2D eigenvalue weighted by Gasteiger charge is -2.09. The Labute approximate surface area is 94.6 Å². The minimum Gasteiger partial charge on any atom is -0.461 e. The zero-order valence-electron chi connectivity index (χ0n) is 8.87. The van der Waals surface area contributed by atoms with Gasteiger partial charge >= 0.3 is 5.97 Å². The molecule has 0 radical (unpaired) electrons. The Morgan fingerprint density at radius 2 is 2.20 bits per heavy atom. The summed E-state index contributed by atoms with van der Waals surface area (Å²) < 4.78 is 5.05. The van der Waals surface area contributed by atoms with E-state index in [9.17, 15) is 4.79 Å². The van der Waals surface area contributed by atoms with E-state index in [-0.39, 0.29) is 5.97 Å². The normalized spacial score (nSPS) is 10.4. The van der Waals surface area contributed by atoms with Crippen LogP contribution >= 0.6 is 11.6 Å². The summed E-state index contributed by atoms with van der Waals surface area (Å²) >= 11 is 5.76. The van der Waals surface area contributed by atoms with Gasteiger partial charge in [-0.25, -0.2) is 4.79 Å². The fraction of sp³-hybridized carbons (Fsp3) is 0.364. The number of halogens is 1. The molecule has 0 saturated heterocycles. The minimum atomic E-state index is -0.334. The highest BCUT2D eigenvalue weighted by Crippen LogP contribution is 2.11. The minimum absolute atomic E-state index is 0.334. The number of carbonyl (C=O) groups is 1. The van der Waals surface area contributed by atoms with E-state index >= 15 is 0 Å². The Morgan fingerprint density at radius 1 is 1.47 bits per heavy atom. The molecule has 0 unspecified atom stereocenters. The smallest absolute Gasteiger partial charge is 0.338 e. The van der Waals surface area contributed by atoms with E-state index in [0.29, 0.717) is 23.7 Å². The highest BCUT2D eigenvalue weighted by molar-refractivity contribution is 6.30. The molecule has 0 aromatic heterocycles. The summed E-state index contributed by atoms with van der Waals surface area (Å²) in [6.07, 6.45) is 0. The summed E-state index contributed by atoms with van der Waals surface area (Å²) in [5.74, 6) is -0.334. The number of ether oxygens (including phenoxy) is 1. The van der Waals surface area contributed by atoms with E-state index in [4.69, 9.17) is 16.3 Å². The van der Waals surface area contributed by atoms with Gasteiger partial charge in [-0.05, 0) is 32.3 Å². The van der Waals surface area contributed by atoms with Crippen LogP contribution in [0.5, 0.6) is 0 Å². The van der Waals surface area contributed by atoms with Gasteiger partial charge in [-0.2, -0.15) is 0 Å². The number of hydrogen-bond acceptors (Lipinski definition) is 3. The topological polar surface area (TPSA) is 29.5 Å². The molecule has 0 N–H and O–H groups in total. The number of benzene rings is 1. The summed E-state index contributed by atoms with van der Waals surface area (Å²) in [7, 11) is 3.85. The zero-order chi connectivity index (χ0) is 11.3. The molecule has 0 saturated carbocycles. The number of likely N-dealkylation sites (N-methyl/N-ethyl adjacent to an activating group) is 1. The van der Waals surface area contributed by atoms with E-state index in [1.54, 1.807) is 24.3 Å². The van der Waals surface area contributed by atoms with E-state index in [1.165, 1.54) is 0 Å². The van der Waals surface area contributed by atoms with Crippen molar-refractivity contribution in [2.75, 3.05) is 27.2 Å². The van der Waals surface area contributed by atoms with Gasteiger partial charge in [-0.15, -0.1) is 0 Å². The molecule has 3 nitrogen and oxygen atoms in total. The molecule has 0 fully saturated rings. The van der Waals surface area contributed by atoms with Gasteiger partial charge in [0, 0.05) is 11.6 Å². The van der Waals surface area contributed by atoms with Crippen molar-refractivity contribution in [2.24, 2.45) is 0 Å². The molecule has 1 aromatic carbocycles. The molecule has 0 aliphatic carbocycles. The van der Waals surface area contributed by atoms with Crippen LogP contribution in [0.15, 0.2) is 24.3 Å². The van der Waals surface area contributed by atoms with Crippen LogP contribution in [-0.2, 0) is 4.74 Å². The molecule has 4 heteroatoms. The third-order valence-corrected chi connectivity index (χ3v) is 2.07. The Hall–Kier alpha value is -1.06. The van der Waals surface area contributed by atoms with Gasteiger partial charge in [0.05, 0.1) is 5.56 Å². The molecular formula is C11H14ClNO2. The molecule has 0 bridgehead atoms. The van der Waals surface area contributed by atoms with Crippen LogP contribution < -0.4 is 0 Å². The van der Waals surface area contributed by atoms with Crippen molar-refractivity contribution in [3.63, 3.8) is 0 Å². The molecule has 0 heterocycles. The van der Waals surface area contributed by atoms with Gasteiger partial charge in [-0.3, -0.25) is 0 Å². The van der Waals surface area contributed by atoms with Crippen LogP contribution in [0, 0.1) is 0 Å². The van der Waals surface area contributed by atoms with Crippen molar-refractivity contribution in [3.05, 3.63) is 34.9 Å². The second-order valence-corrected chi connectivity index (χ2v) is 3.89. The van der Waals surface area contributed by atoms with Crippen molar-refractivity contribution >= 4 is 17.6 Å². The Bertz CT molecular complexity index is 339. The summed E-state index contributed by atoms with van der Waals surface area (Å²) in [5.41, 5.74) is 0.487. The molecule has 0 aliphatic rings. The maximum absolute atomic E-state index is 11.5. The first-order valence-electron chi connectivity index (χ1n) is 4.67. The van der Waals surface area contributed by atoms with Crippen LogP contribution in [0.1, 0.15) is 10.4 Å². The van der Waals surface area contributed by atoms with E-state index < -0.39 is 0 Å². The maximum Gasteiger partial charge on any atom is 0.338 e. The van der Waals surface area contributed by atoms with Crippen LogP contribution in [0.2, 0.25) is 5.02 Å². The Balaban J connectivity index is 2.47. The third-order valence-electron chi connectivity index (χ3n) is 1.83. The van der Waals surface area contributed by atoms with Gasteiger partial charge < -0.3 is 9.64 Å². The summed E-state index contributed by atoms with van der Waals surface area (Å²) in [4.78, 5) is 13.4. The van der Waals surface area contributed by atoms with Gasteiger partial charge in [-0.1, -0.05) is 17.7 Å². The van der Waals surface area contributed by atoms with Crippen LogP contribution in [0.4, 0.5) is 0 Å². The van der Waals surface area contributed by atoms with E-state index in [1.807, 2.05) is 19.0 Å². The van der Waals surface area contributed by atoms with Crippen molar-refractivity contribution in [1.29, 1.82) is 0 Å². The molecule has 0 aliphatic heterocycles. The van der Waals surface area contributed by atoms with Gasteiger partial charge in [0.1, 0.15) is 6.61 Å². The molecule has 82 valence electrons. The predicted molar refractivity (Wildman–Crippen MR) is 60.3 cm³/mol. The molecule has 1 aromatic rings. The summed E-state index contributed by atoms with van der Waals surface area (Å²) in [5, 5.41) is 0.539. The fourth-order valence-electron chi connectivity index (χ4n) is 1.02. The summed E-state index contributed by atoms with van der Waals surface area (Å²) in [6, 6.07) is 6.73. The largest absolute Gasteiger partial charge is 0.461 e. The average Bonchev–Trinajstić information content (AvgIpc) is 2.17. The van der Waals surface area contributed by atoms with E-state index in [2.05, 4.69) is 0 Å². The molecule has 15 heavy (non-hydrogen) atoms. The molecular weight excluding hydrogens is 214 g/mol. The van der Waals surface area contributed by atoms with Gasteiger partial charge in [0.2, 0.25) is 0 Å². The highest BCUT2D eigenvalue weighted by Gasteiger charge is 2.06. The number of nitrogens with zero attached hydrogens (tertiary/aromatic N) is 1. The monoisotopic (exact) mass is 227 g/mol. The molecule has 0 spiro atoms. The first kappa shape index (κ1) is 12.0. The Morgan fingerprint density at radius 3 is 2.80 bits per heavy atom. The van der Waals surface area contributed by atoms with Crippen LogP contribution in [0.25, 0.3) is 0 Å².